The van der Waals surface area contributed by atoms with E-state index in [4.69, 9.17) is 4.74 Å². The van der Waals surface area contributed by atoms with Crippen LogP contribution in [-0.2, 0) is 16.1 Å². The molecule has 0 bridgehead atoms. The molecule has 7 heteroatoms. The van der Waals surface area contributed by atoms with Crippen molar-refractivity contribution < 1.29 is 9.53 Å². The monoisotopic (exact) mass is 431 g/mol. The number of aromatic nitrogens is 1. The van der Waals surface area contributed by atoms with Gasteiger partial charge in [0.1, 0.15) is 0 Å². The number of hydrogen-bond donors (Lipinski definition) is 1. The molecule has 0 spiro atoms. The van der Waals surface area contributed by atoms with Gasteiger partial charge in [0.25, 0.3) is 0 Å². The fourth-order valence-corrected chi connectivity index (χ4v) is 3.05. The highest BCUT2D eigenvalue weighted by Gasteiger charge is 2.22. The molecule has 0 fully saturated rings. The molecule has 1 aliphatic heterocycles. The molecular formula is C25H29N5O2. The fraction of sp³-hybridized carbons (Fsp3) is 0.280. The largest absolute Gasteiger partial charge is 0.380 e. The summed E-state index contributed by atoms with van der Waals surface area (Å²) in [5, 5.41) is 9.22. The third-order valence-electron chi connectivity index (χ3n) is 4.65. The van der Waals surface area contributed by atoms with Gasteiger partial charge in [-0.1, -0.05) is 43.3 Å². The highest BCUT2D eigenvalue weighted by atomic mass is 16.5. The summed E-state index contributed by atoms with van der Waals surface area (Å²) in [6.07, 6.45) is 7.95. The molecule has 1 aromatic carbocycles. The molecule has 2 aromatic rings. The molecule has 166 valence electrons. The first-order valence-electron chi connectivity index (χ1n) is 10.7. The van der Waals surface area contributed by atoms with Gasteiger partial charge in [0, 0.05) is 31.1 Å². The van der Waals surface area contributed by atoms with Crippen LogP contribution in [0.4, 0.5) is 0 Å². The van der Waals surface area contributed by atoms with Crippen molar-refractivity contribution in [1.29, 1.82) is 0 Å². The Labute approximate surface area is 189 Å². The van der Waals surface area contributed by atoms with E-state index in [1.54, 1.807) is 18.5 Å². The number of rotatable bonds is 8. The van der Waals surface area contributed by atoms with Crippen molar-refractivity contribution in [2.75, 3.05) is 19.8 Å². The van der Waals surface area contributed by atoms with Crippen LogP contribution in [0.25, 0.3) is 0 Å². The van der Waals surface area contributed by atoms with Gasteiger partial charge in [-0.25, -0.2) is 10.0 Å². The second-order valence-electron chi connectivity index (χ2n) is 7.40. The summed E-state index contributed by atoms with van der Waals surface area (Å²) in [5.74, 6) is -0.169. The van der Waals surface area contributed by atoms with Crippen LogP contribution in [0.15, 0.2) is 83.3 Å². The molecule has 1 aliphatic rings. The molecule has 2 heterocycles. The number of nitrogens with zero attached hydrogens (tertiary/aromatic N) is 4. The maximum Gasteiger partial charge on any atom is 0.309 e. The topological polar surface area (TPSA) is 79.2 Å². The van der Waals surface area contributed by atoms with Gasteiger partial charge in [0.15, 0.2) is 5.84 Å². The standard InChI is InChI=1S/C25H29N5O2/c1-4-14-32-15-13-30-25(31)24(27-18-21-8-6-12-26-17-21)28-20(3)10-11-23(29-30)22-9-5-7-19(2)16-22/h5-12,16-17H,3-4,13-15,18H2,1-2H3,(H,27,28)/b11-10-,29-23+. The second-order valence-corrected chi connectivity index (χ2v) is 7.40. The summed E-state index contributed by atoms with van der Waals surface area (Å²) < 4.78 is 5.62. The minimum absolute atomic E-state index is 0.174. The lowest BCUT2D eigenvalue weighted by atomic mass is 10.1. The number of aliphatic imine (C=N–C) groups is 1. The van der Waals surface area contributed by atoms with Crippen LogP contribution < -0.4 is 5.32 Å². The van der Waals surface area contributed by atoms with Gasteiger partial charge in [0.2, 0.25) is 0 Å². The second kappa shape index (κ2) is 11.7. The summed E-state index contributed by atoms with van der Waals surface area (Å²) in [6, 6.07) is 11.8. The lowest BCUT2D eigenvalue weighted by Gasteiger charge is -2.20. The zero-order valence-electron chi connectivity index (χ0n) is 18.6. The number of benzene rings is 1. The molecule has 0 saturated heterocycles. The van der Waals surface area contributed by atoms with Gasteiger partial charge in [-0.15, -0.1) is 0 Å². The Hall–Kier alpha value is -3.58. The van der Waals surface area contributed by atoms with Crippen molar-refractivity contribution in [3.05, 3.63) is 89.9 Å². The smallest absolute Gasteiger partial charge is 0.309 e. The third kappa shape index (κ3) is 6.72. The van der Waals surface area contributed by atoms with Crippen LogP contribution in [-0.4, -0.2) is 47.2 Å². The maximum atomic E-state index is 13.4. The molecule has 1 N–H and O–H groups in total. The van der Waals surface area contributed by atoms with E-state index < -0.39 is 0 Å². The van der Waals surface area contributed by atoms with Crippen molar-refractivity contribution in [1.82, 2.24) is 15.3 Å². The Kier molecular flexibility index (Phi) is 8.45. The van der Waals surface area contributed by atoms with E-state index in [0.29, 0.717) is 37.7 Å². The number of ether oxygens (including phenoxy) is 1. The number of amidine groups is 1. The van der Waals surface area contributed by atoms with Crippen LogP contribution in [0.3, 0.4) is 0 Å². The summed E-state index contributed by atoms with van der Waals surface area (Å²) in [6.45, 7) is 9.77. The van der Waals surface area contributed by atoms with Crippen molar-refractivity contribution in [2.24, 2.45) is 10.1 Å². The van der Waals surface area contributed by atoms with E-state index >= 15 is 0 Å². The molecule has 1 amide bonds. The van der Waals surface area contributed by atoms with E-state index in [-0.39, 0.29) is 11.7 Å². The fourth-order valence-electron chi connectivity index (χ4n) is 3.05. The number of carbonyl (C=O) groups excluding carboxylic acids is 1. The Morgan fingerprint density at radius 3 is 2.78 bits per heavy atom. The molecule has 0 radical (unpaired) electrons. The van der Waals surface area contributed by atoms with Crippen LogP contribution >= 0.6 is 0 Å². The number of amides is 1. The Balaban J connectivity index is 1.90. The van der Waals surface area contributed by atoms with Gasteiger partial charge in [-0.3, -0.25) is 9.78 Å². The minimum atomic E-state index is -0.344. The zero-order valence-corrected chi connectivity index (χ0v) is 18.6. The van der Waals surface area contributed by atoms with Crippen molar-refractivity contribution in [3.63, 3.8) is 0 Å². The molecule has 32 heavy (non-hydrogen) atoms. The first kappa shape index (κ1) is 23.1. The number of allylic oxidation sites excluding steroid dienone is 2. The van der Waals surface area contributed by atoms with Gasteiger partial charge in [-0.05, 0) is 43.2 Å². The van der Waals surface area contributed by atoms with Crippen LogP contribution in [0, 0.1) is 6.92 Å². The average molecular weight is 432 g/mol. The molecule has 0 unspecified atom stereocenters. The van der Waals surface area contributed by atoms with E-state index in [9.17, 15) is 4.79 Å². The molecule has 0 aliphatic carbocycles. The Bertz CT molecular complexity index is 1030. The van der Waals surface area contributed by atoms with Gasteiger partial charge in [-0.2, -0.15) is 5.10 Å². The summed E-state index contributed by atoms with van der Waals surface area (Å²) >= 11 is 0. The quantitative estimate of drug-likeness (QED) is 0.648. The molecular weight excluding hydrogens is 402 g/mol. The number of aryl methyl sites for hydroxylation is 1. The van der Waals surface area contributed by atoms with Crippen molar-refractivity contribution in [3.8, 4) is 0 Å². The van der Waals surface area contributed by atoms with Gasteiger partial charge >= 0.3 is 5.91 Å². The van der Waals surface area contributed by atoms with Crippen molar-refractivity contribution in [2.45, 2.75) is 26.8 Å². The van der Waals surface area contributed by atoms with E-state index in [2.05, 4.69) is 27.0 Å². The highest BCUT2D eigenvalue weighted by Crippen LogP contribution is 2.12. The van der Waals surface area contributed by atoms with E-state index in [1.165, 1.54) is 5.01 Å². The van der Waals surface area contributed by atoms with Crippen LogP contribution in [0.1, 0.15) is 30.0 Å². The number of hydrogen-bond acceptors (Lipinski definition) is 6. The maximum absolute atomic E-state index is 13.4. The molecule has 3 rings (SSSR count). The predicted octanol–water partition coefficient (Wildman–Crippen LogP) is 3.62. The number of pyridine rings is 1. The van der Waals surface area contributed by atoms with Crippen LogP contribution in [0.2, 0.25) is 0 Å². The molecule has 0 saturated carbocycles. The Morgan fingerprint density at radius 1 is 1.16 bits per heavy atom. The molecule has 1 aromatic heterocycles. The number of nitrogens with one attached hydrogen (secondary N) is 1. The van der Waals surface area contributed by atoms with Crippen molar-refractivity contribution >= 4 is 17.5 Å². The first-order valence-corrected chi connectivity index (χ1v) is 10.7. The van der Waals surface area contributed by atoms with E-state index in [1.807, 2.05) is 56.3 Å². The Morgan fingerprint density at radius 2 is 2.03 bits per heavy atom. The average Bonchev–Trinajstić information content (AvgIpc) is 2.85. The predicted molar refractivity (Wildman–Crippen MR) is 127 cm³/mol. The lowest BCUT2D eigenvalue weighted by Crippen LogP contribution is -2.42. The molecule has 7 nitrogen and oxygen atoms in total. The zero-order chi connectivity index (χ0) is 22.8. The SMILES string of the molecule is C=C1/C=C\C(c2cccc(C)c2)=N/N(CCOCCC)C(=O)/C(NCc2cccnc2)=N\1. The summed E-state index contributed by atoms with van der Waals surface area (Å²) in [7, 11) is 0. The lowest BCUT2D eigenvalue weighted by molar-refractivity contribution is -0.125. The number of hydrazone groups is 1. The summed E-state index contributed by atoms with van der Waals surface area (Å²) in [4.78, 5) is 22.0. The summed E-state index contributed by atoms with van der Waals surface area (Å²) in [5.41, 5.74) is 4.06. The highest BCUT2D eigenvalue weighted by molar-refractivity contribution is 6.38. The molecule has 0 atom stereocenters. The van der Waals surface area contributed by atoms with Crippen LogP contribution in [0.5, 0.6) is 0 Å². The normalized spacial score (nSPS) is 18.6. The van der Waals surface area contributed by atoms with E-state index in [0.717, 1.165) is 23.1 Å². The third-order valence-corrected chi connectivity index (χ3v) is 4.65. The minimum Gasteiger partial charge on any atom is -0.380 e. The van der Waals surface area contributed by atoms with Gasteiger partial charge < -0.3 is 10.1 Å². The van der Waals surface area contributed by atoms with Gasteiger partial charge in [0.05, 0.1) is 24.6 Å². The number of carbonyl (C=O) groups is 1. The first-order chi connectivity index (χ1) is 15.6.